The minimum absolute atomic E-state index is 0.221. The lowest BCUT2D eigenvalue weighted by Gasteiger charge is -2.07. The molecule has 0 fully saturated rings. The Hall–Kier alpha value is -1.52. The van der Waals surface area contributed by atoms with Crippen LogP contribution in [0.25, 0.3) is 17.0 Å². The van der Waals surface area contributed by atoms with Crippen LogP contribution in [0.4, 0.5) is 0 Å². The molecule has 106 valence electrons. The molecular weight excluding hydrogens is 268 g/mol. The predicted octanol–water partition coefficient (Wildman–Crippen LogP) is 2.30. The van der Waals surface area contributed by atoms with Gasteiger partial charge in [0.05, 0.1) is 5.03 Å². The maximum absolute atomic E-state index is 8.83. The molecule has 1 aromatic carbocycles. The molecule has 4 heteroatoms. The van der Waals surface area contributed by atoms with Gasteiger partial charge in [0.25, 0.3) is 0 Å². The fourth-order valence-corrected chi connectivity index (χ4v) is 2.60. The number of thioether (sulfide) groups is 1. The lowest BCUT2D eigenvalue weighted by Crippen LogP contribution is -2.33. The average Bonchev–Trinajstić information content (AvgIpc) is 2.49. The summed E-state index contributed by atoms with van der Waals surface area (Å²) < 4.78 is 2.19. The van der Waals surface area contributed by atoms with Gasteiger partial charge in [-0.2, -0.15) is 4.57 Å². The van der Waals surface area contributed by atoms with Crippen LogP contribution >= 0.6 is 11.8 Å². The summed E-state index contributed by atoms with van der Waals surface area (Å²) in [6.45, 7) is 1.01. The highest BCUT2D eigenvalue weighted by Crippen LogP contribution is 2.15. The first kappa shape index (κ1) is 14.9. The van der Waals surface area contributed by atoms with E-state index in [0.29, 0.717) is 0 Å². The molecule has 0 radical (unpaired) electrons. The lowest BCUT2D eigenvalue weighted by molar-refractivity contribution is -0.646. The van der Waals surface area contributed by atoms with Crippen molar-refractivity contribution in [3.05, 3.63) is 47.1 Å². The van der Waals surface area contributed by atoms with E-state index in [0.717, 1.165) is 23.7 Å². The summed E-state index contributed by atoms with van der Waals surface area (Å²) >= 11 is 1.68. The molecule has 0 aliphatic carbocycles. The van der Waals surface area contributed by atoms with Crippen LogP contribution in [0.2, 0.25) is 0 Å². The number of hydrogen-bond donors (Lipinski definition) is 2. The Kier molecular flexibility index (Phi) is 5.44. The first-order valence-electron chi connectivity index (χ1n) is 6.74. The van der Waals surface area contributed by atoms with E-state index in [4.69, 9.17) is 5.11 Å². The Morgan fingerprint density at radius 1 is 1.30 bits per heavy atom. The van der Waals surface area contributed by atoms with E-state index >= 15 is 0 Å². The summed E-state index contributed by atoms with van der Waals surface area (Å²) in [6.07, 6.45) is 4.97. The zero-order valence-electron chi connectivity index (χ0n) is 12.0. The van der Waals surface area contributed by atoms with Gasteiger partial charge in [0.15, 0.2) is 0 Å². The molecule has 0 aliphatic heterocycles. The number of aliphatic hydroxyl groups is 1. The molecular formula is C16H21N2OS+. The Balaban J connectivity index is 2.29. The highest BCUT2D eigenvalue weighted by Gasteiger charge is 2.09. The topological polar surface area (TPSA) is 36.1 Å². The standard InChI is InChI=1S/C16H20N2OS/c1-18-14(12-16(20-2)17-10-5-11-19)9-8-13-6-3-4-7-15(13)18/h3-4,6-9,12,19H,5,10-11H2,1-2H3/p+1. The van der Waals surface area contributed by atoms with E-state index in [2.05, 4.69) is 65.7 Å². The van der Waals surface area contributed by atoms with Crippen molar-refractivity contribution in [2.45, 2.75) is 6.42 Å². The normalized spacial score (nSPS) is 11.8. The number of aromatic nitrogens is 1. The Bertz CT molecular complexity index is 610. The third kappa shape index (κ3) is 3.52. The largest absolute Gasteiger partial charge is 0.396 e. The van der Waals surface area contributed by atoms with Gasteiger partial charge in [0, 0.05) is 36.7 Å². The number of nitrogens with one attached hydrogen (secondary N) is 1. The Morgan fingerprint density at radius 2 is 2.10 bits per heavy atom. The van der Waals surface area contributed by atoms with Gasteiger partial charge in [-0.15, -0.1) is 11.8 Å². The molecule has 0 bridgehead atoms. The highest BCUT2D eigenvalue weighted by atomic mass is 32.2. The predicted molar refractivity (Wildman–Crippen MR) is 86.3 cm³/mol. The number of benzene rings is 1. The number of rotatable bonds is 6. The minimum Gasteiger partial charge on any atom is -0.396 e. The van der Waals surface area contributed by atoms with Gasteiger partial charge in [0.2, 0.25) is 11.2 Å². The number of nitrogens with zero attached hydrogens (tertiary/aromatic N) is 1. The van der Waals surface area contributed by atoms with Crippen LogP contribution in [-0.4, -0.2) is 24.5 Å². The molecule has 0 spiro atoms. The second-order valence-electron chi connectivity index (χ2n) is 4.59. The molecule has 0 unspecified atom stereocenters. The van der Waals surface area contributed by atoms with Gasteiger partial charge in [-0.3, -0.25) is 0 Å². The first-order chi connectivity index (χ1) is 9.76. The number of pyridine rings is 1. The monoisotopic (exact) mass is 289 g/mol. The number of aryl methyl sites for hydroxylation is 1. The van der Waals surface area contributed by atoms with Gasteiger partial charge >= 0.3 is 0 Å². The van der Waals surface area contributed by atoms with E-state index in [-0.39, 0.29) is 6.61 Å². The quantitative estimate of drug-likeness (QED) is 0.633. The van der Waals surface area contributed by atoms with Gasteiger partial charge in [0.1, 0.15) is 7.05 Å². The van der Waals surface area contributed by atoms with Gasteiger partial charge in [-0.25, -0.2) is 0 Å². The van der Waals surface area contributed by atoms with Crippen LogP contribution in [0.3, 0.4) is 0 Å². The van der Waals surface area contributed by atoms with E-state index in [9.17, 15) is 0 Å². The smallest absolute Gasteiger partial charge is 0.212 e. The van der Waals surface area contributed by atoms with Crippen LogP contribution in [-0.2, 0) is 7.05 Å². The van der Waals surface area contributed by atoms with Crippen molar-refractivity contribution in [3.63, 3.8) is 0 Å². The van der Waals surface area contributed by atoms with Crippen molar-refractivity contribution >= 4 is 28.7 Å². The van der Waals surface area contributed by atoms with Crippen molar-refractivity contribution in [1.29, 1.82) is 0 Å². The number of fused-ring (bicyclic) bond motifs is 1. The highest BCUT2D eigenvalue weighted by molar-refractivity contribution is 8.02. The first-order valence-corrected chi connectivity index (χ1v) is 7.97. The van der Waals surface area contributed by atoms with Crippen molar-refractivity contribution in [2.75, 3.05) is 19.4 Å². The molecule has 1 heterocycles. The Labute approximate surface area is 124 Å². The molecule has 0 saturated heterocycles. The van der Waals surface area contributed by atoms with Crippen LogP contribution < -0.4 is 9.88 Å². The Morgan fingerprint density at radius 3 is 2.85 bits per heavy atom. The van der Waals surface area contributed by atoms with E-state index in [1.807, 2.05) is 0 Å². The molecule has 20 heavy (non-hydrogen) atoms. The minimum atomic E-state index is 0.221. The summed E-state index contributed by atoms with van der Waals surface area (Å²) in [4.78, 5) is 0. The van der Waals surface area contributed by atoms with Crippen LogP contribution in [0.15, 0.2) is 41.4 Å². The van der Waals surface area contributed by atoms with Crippen molar-refractivity contribution in [3.8, 4) is 0 Å². The summed E-state index contributed by atoms with van der Waals surface area (Å²) in [5.74, 6) is 0. The molecule has 0 saturated carbocycles. The van der Waals surface area contributed by atoms with Crippen LogP contribution in [0.5, 0.6) is 0 Å². The molecule has 0 amide bonds. The van der Waals surface area contributed by atoms with E-state index in [1.165, 1.54) is 10.9 Å². The van der Waals surface area contributed by atoms with Crippen molar-refractivity contribution < 1.29 is 9.67 Å². The fourth-order valence-electron chi connectivity index (χ4n) is 2.11. The summed E-state index contributed by atoms with van der Waals surface area (Å²) in [6, 6.07) is 12.6. The molecule has 0 atom stereocenters. The van der Waals surface area contributed by atoms with Crippen LogP contribution in [0, 0.1) is 0 Å². The molecule has 2 aromatic rings. The lowest BCUT2D eigenvalue weighted by atomic mass is 10.2. The van der Waals surface area contributed by atoms with Gasteiger partial charge < -0.3 is 10.4 Å². The van der Waals surface area contributed by atoms with Crippen molar-refractivity contribution in [2.24, 2.45) is 7.05 Å². The third-order valence-corrected chi connectivity index (χ3v) is 3.95. The molecule has 2 N–H and O–H groups in total. The zero-order chi connectivity index (χ0) is 14.4. The van der Waals surface area contributed by atoms with Gasteiger partial charge in [-0.05, 0) is 24.8 Å². The maximum atomic E-state index is 8.83. The zero-order valence-corrected chi connectivity index (χ0v) is 12.8. The molecule has 3 nitrogen and oxygen atoms in total. The second-order valence-corrected chi connectivity index (χ2v) is 5.44. The second kappa shape index (κ2) is 7.31. The van der Waals surface area contributed by atoms with Gasteiger partial charge in [-0.1, -0.05) is 12.1 Å². The summed E-state index contributed by atoms with van der Waals surface area (Å²) in [5.41, 5.74) is 2.38. The number of aliphatic hydroxyl groups excluding tert-OH is 1. The number of hydrogen-bond acceptors (Lipinski definition) is 3. The van der Waals surface area contributed by atoms with E-state index < -0.39 is 0 Å². The number of para-hydroxylation sites is 1. The fraction of sp³-hybridized carbons (Fsp3) is 0.312. The van der Waals surface area contributed by atoms with Crippen LogP contribution in [0.1, 0.15) is 12.1 Å². The van der Waals surface area contributed by atoms with E-state index in [1.54, 1.807) is 11.8 Å². The molecule has 1 aromatic heterocycles. The average molecular weight is 289 g/mol. The molecule has 2 rings (SSSR count). The summed E-state index contributed by atoms with van der Waals surface area (Å²) in [5, 5.41) is 14.5. The molecule has 0 aliphatic rings. The van der Waals surface area contributed by atoms with Crippen molar-refractivity contribution in [1.82, 2.24) is 5.32 Å². The third-order valence-electron chi connectivity index (χ3n) is 3.25. The SMILES string of the molecule is CS/C(=C\c1ccc2ccccc2[n+]1C)NCCCO. The summed E-state index contributed by atoms with van der Waals surface area (Å²) in [7, 11) is 2.08. The maximum Gasteiger partial charge on any atom is 0.212 e.